The minimum absolute atomic E-state index is 0.0162. The molecule has 0 aliphatic heterocycles. The number of carbonyl (C=O) groups is 2. The Bertz CT molecular complexity index is 1550. The average Bonchev–Trinajstić information content (AvgIpc) is 2.98. The molecule has 10 nitrogen and oxygen atoms in total. The molecule has 0 saturated heterocycles. The van der Waals surface area contributed by atoms with Gasteiger partial charge in [0.2, 0.25) is 11.8 Å². The summed E-state index contributed by atoms with van der Waals surface area (Å²) in [6, 6.07) is 17.3. The van der Waals surface area contributed by atoms with Gasteiger partial charge in [0, 0.05) is 18.2 Å². The van der Waals surface area contributed by atoms with E-state index in [9.17, 15) is 18.0 Å². The van der Waals surface area contributed by atoms with Crippen molar-refractivity contribution < 1.29 is 32.2 Å². The molecule has 238 valence electrons. The first-order valence-electron chi connectivity index (χ1n) is 14.3. The molecular weight excluding hydrogens is 582 g/mol. The quantitative estimate of drug-likeness (QED) is 0.286. The number of methoxy groups -OCH3 is 3. The van der Waals surface area contributed by atoms with Gasteiger partial charge in [0.05, 0.1) is 31.9 Å². The number of benzene rings is 3. The van der Waals surface area contributed by atoms with Gasteiger partial charge in [-0.1, -0.05) is 36.8 Å². The Hall–Kier alpha value is -4.25. The number of anilines is 1. The zero-order chi connectivity index (χ0) is 32.7. The second-order valence-electron chi connectivity index (χ2n) is 11.4. The molecule has 1 atom stereocenters. The molecular formula is C33H43N3O7S. The highest BCUT2D eigenvalue weighted by Gasteiger charge is 2.35. The molecule has 3 aromatic carbocycles. The number of hydrogen-bond acceptors (Lipinski definition) is 7. The number of ether oxygens (including phenoxy) is 3. The number of aryl methyl sites for hydroxylation is 1. The first-order chi connectivity index (χ1) is 20.7. The van der Waals surface area contributed by atoms with E-state index >= 15 is 0 Å². The average molecular weight is 626 g/mol. The second kappa shape index (κ2) is 14.5. The summed E-state index contributed by atoms with van der Waals surface area (Å²) in [5.41, 5.74) is 1.26. The fourth-order valence-corrected chi connectivity index (χ4v) is 6.09. The Balaban J connectivity index is 2.14. The van der Waals surface area contributed by atoms with E-state index in [4.69, 9.17) is 14.2 Å². The Kier molecular flexibility index (Phi) is 11.3. The minimum Gasteiger partial charge on any atom is -0.497 e. The van der Waals surface area contributed by atoms with Crippen molar-refractivity contribution in [2.75, 3.05) is 32.2 Å². The summed E-state index contributed by atoms with van der Waals surface area (Å²) in [7, 11) is 0.230. The number of sulfonamides is 1. The van der Waals surface area contributed by atoms with Gasteiger partial charge in [0.25, 0.3) is 10.0 Å². The van der Waals surface area contributed by atoms with Gasteiger partial charge in [0.1, 0.15) is 18.3 Å². The summed E-state index contributed by atoms with van der Waals surface area (Å²) in [6.07, 6.45) is 0.304. The van der Waals surface area contributed by atoms with E-state index in [1.807, 2.05) is 40.7 Å². The van der Waals surface area contributed by atoms with Crippen molar-refractivity contribution in [3.63, 3.8) is 0 Å². The summed E-state index contributed by atoms with van der Waals surface area (Å²) >= 11 is 0. The maximum atomic E-state index is 14.3. The van der Waals surface area contributed by atoms with Crippen LogP contribution >= 0.6 is 0 Å². The molecule has 1 N–H and O–H groups in total. The number of nitrogens with zero attached hydrogens (tertiary/aromatic N) is 2. The molecule has 0 aromatic heterocycles. The van der Waals surface area contributed by atoms with Gasteiger partial charge < -0.3 is 24.4 Å². The van der Waals surface area contributed by atoms with Crippen molar-refractivity contribution >= 4 is 27.5 Å². The Morgan fingerprint density at radius 1 is 0.886 bits per heavy atom. The van der Waals surface area contributed by atoms with E-state index in [1.54, 1.807) is 49.6 Å². The lowest BCUT2D eigenvalue weighted by Gasteiger charge is -2.35. The van der Waals surface area contributed by atoms with Gasteiger partial charge in [0.15, 0.2) is 11.5 Å². The summed E-state index contributed by atoms with van der Waals surface area (Å²) in [6.45, 7) is 8.73. The second-order valence-corrected chi connectivity index (χ2v) is 13.3. The van der Waals surface area contributed by atoms with Crippen molar-refractivity contribution in [3.05, 3.63) is 77.9 Å². The molecule has 3 rings (SSSR count). The van der Waals surface area contributed by atoms with E-state index in [0.717, 1.165) is 15.4 Å². The predicted octanol–water partition coefficient (Wildman–Crippen LogP) is 4.94. The van der Waals surface area contributed by atoms with Crippen LogP contribution < -0.4 is 23.8 Å². The maximum Gasteiger partial charge on any atom is 0.264 e. The highest BCUT2D eigenvalue weighted by atomic mass is 32.2. The number of carbonyl (C=O) groups excluding carboxylic acids is 2. The van der Waals surface area contributed by atoms with Crippen LogP contribution in [0.15, 0.2) is 71.6 Å². The molecule has 0 aliphatic rings. The van der Waals surface area contributed by atoms with Crippen molar-refractivity contribution in [2.45, 2.75) is 64.1 Å². The molecule has 0 heterocycles. The molecule has 0 radical (unpaired) electrons. The summed E-state index contributed by atoms with van der Waals surface area (Å²) < 4.78 is 45.5. The first-order valence-corrected chi connectivity index (χ1v) is 15.7. The summed E-state index contributed by atoms with van der Waals surface area (Å²) in [4.78, 5) is 29.3. The fraction of sp³-hybridized carbons (Fsp3) is 0.394. The first kappa shape index (κ1) is 34.2. The molecule has 0 saturated carbocycles. The van der Waals surface area contributed by atoms with Gasteiger partial charge in [-0.25, -0.2) is 8.42 Å². The number of hydrogen-bond donors (Lipinski definition) is 1. The third kappa shape index (κ3) is 8.43. The van der Waals surface area contributed by atoms with Gasteiger partial charge in [-0.05, 0) is 76.1 Å². The Labute approximate surface area is 261 Å². The van der Waals surface area contributed by atoms with E-state index in [-0.39, 0.29) is 23.0 Å². The van der Waals surface area contributed by atoms with Crippen LogP contribution in [0.1, 0.15) is 45.2 Å². The van der Waals surface area contributed by atoms with Crippen molar-refractivity contribution in [1.82, 2.24) is 10.2 Å². The van der Waals surface area contributed by atoms with Crippen molar-refractivity contribution in [2.24, 2.45) is 0 Å². The van der Waals surface area contributed by atoms with Gasteiger partial charge in [-0.3, -0.25) is 13.9 Å². The third-order valence-corrected chi connectivity index (χ3v) is 8.70. The number of nitrogens with one attached hydrogen (secondary N) is 1. The van der Waals surface area contributed by atoms with Gasteiger partial charge in [-0.15, -0.1) is 0 Å². The minimum atomic E-state index is -4.24. The van der Waals surface area contributed by atoms with Crippen LogP contribution in [0.5, 0.6) is 17.2 Å². The van der Waals surface area contributed by atoms with E-state index in [1.165, 1.54) is 37.3 Å². The molecule has 0 bridgehead atoms. The molecule has 3 aromatic rings. The summed E-state index contributed by atoms with van der Waals surface area (Å²) in [5, 5.41) is 2.97. The Morgan fingerprint density at radius 2 is 1.55 bits per heavy atom. The monoisotopic (exact) mass is 625 g/mol. The third-order valence-electron chi connectivity index (χ3n) is 6.91. The largest absolute Gasteiger partial charge is 0.497 e. The highest BCUT2D eigenvalue weighted by Crippen LogP contribution is 2.34. The molecule has 0 unspecified atom stereocenters. The lowest BCUT2D eigenvalue weighted by molar-refractivity contribution is -0.141. The lowest BCUT2D eigenvalue weighted by Crippen LogP contribution is -2.55. The molecule has 44 heavy (non-hydrogen) atoms. The zero-order valence-corrected chi connectivity index (χ0v) is 27.5. The SMILES string of the molecule is CC[C@@H](C(=O)NC(C)(C)C)N(Cc1cccc(OC)c1)C(=O)CN(c1ccc(OC)c(OC)c1)S(=O)(=O)c1ccc(C)cc1. The van der Waals surface area contributed by atoms with Crippen LogP contribution in [0, 0.1) is 6.92 Å². The van der Waals surface area contributed by atoms with E-state index < -0.39 is 34.1 Å². The molecule has 11 heteroatoms. The van der Waals surface area contributed by atoms with Crippen LogP contribution in [-0.2, 0) is 26.2 Å². The topological polar surface area (TPSA) is 114 Å². The molecule has 0 aliphatic carbocycles. The van der Waals surface area contributed by atoms with E-state index in [0.29, 0.717) is 23.7 Å². The Morgan fingerprint density at radius 3 is 2.11 bits per heavy atom. The standard InChI is InChI=1S/C33H43N3O7S/c1-9-28(32(38)34-33(3,4)5)35(21-24-11-10-12-26(19-24)41-6)31(37)22-36(25-15-18-29(42-7)30(20-25)43-8)44(39,40)27-16-13-23(2)14-17-27/h10-20,28H,9,21-22H2,1-8H3,(H,34,38)/t28-/m0/s1. The number of rotatable bonds is 13. The van der Waals surface area contributed by atoms with Crippen LogP contribution in [0.3, 0.4) is 0 Å². The lowest BCUT2D eigenvalue weighted by atomic mass is 10.1. The smallest absolute Gasteiger partial charge is 0.264 e. The maximum absolute atomic E-state index is 14.3. The van der Waals surface area contributed by atoms with Gasteiger partial charge >= 0.3 is 0 Å². The van der Waals surface area contributed by atoms with Crippen LogP contribution in [0.4, 0.5) is 5.69 Å². The molecule has 0 fully saturated rings. The highest BCUT2D eigenvalue weighted by molar-refractivity contribution is 7.92. The predicted molar refractivity (Wildman–Crippen MR) is 171 cm³/mol. The van der Waals surface area contributed by atoms with Crippen LogP contribution in [0.2, 0.25) is 0 Å². The van der Waals surface area contributed by atoms with Crippen LogP contribution in [-0.4, -0.2) is 64.6 Å². The van der Waals surface area contributed by atoms with Crippen molar-refractivity contribution in [1.29, 1.82) is 0 Å². The number of amides is 2. The zero-order valence-electron chi connectivity index (χ0n) is 26.7. The molecule has 0 spiro atoms. The normalized spacial score (nSPS) is 12.2. The summed E-state index contributed by atoms with van der Waals surface area (Å²) in [5.74, 6) is 0.395. The molecule has 2 amide bonds. The van der Waals surface area contributed by atoms with Crippen LogP contribution in [0.25, 0.3) is 0 Å². The van der Waals surface area contributed by atoms with Crippen molar-refractivity contribution in [3.8, 4) is 17.2 Å². The van der Waals surface area contributed by atoms with E-state index in [2.05, 4.69) is 5.32 Å². The van der Waals surface area contributed by atoms with Gasteiger partial charge in [-0.2, -0.15) is 0 Å². The fourth-order valence-electron chi connectivity index (χ4n) is 4.69.